The summed E-state index contributed by atoms with van der Waals surface area (Å²) in [6.45, 7) is 6.63. The number of unbranched alkanes of at least 4 members (excludes halogenated alkanes) is 3. The number of benzene rings is 1. The topological polar surface area (TPSA) is 29.5 Å². The maximum atomic E-state index is 10.1. The van der Waals surface area contributed by atoms with Gasteiger partial charge in [0.1, 0.15) is 5.75 Å². The van der Waals surface area contributed by atoms with E-state index in [1.165, 1.54) is 64.2 Å². The Labute approximate surface area is 148 Å². The van der Waals surface area contributed by atoms with Gasteiger partial charge in [-0.3, -0.25) is 0 Å². The lowest BCUT2D eigenvalue weighted by atomic mass is 9.80. The van der Waals surface area contributed by atoms with Crippen LogP contribution in [0.25, 0.3) is 0 Å². The molecule has 1 saturated carbocycles. The molecular weight excluding hydrogens is 296 g/mol. The number of ether oxygens (including phenoxy) is 1. The fraction of sp³-hybridized carbons (Fsp3) is 0.727. The zero-order valence-electron chi connectivity index (χ0n) is 15.9. The molecule has 0 saturated heterocycles. The summed E-state index contributed by atoms with van der Waals surface area (Å²) >= 11 is 0. The molecule has 1 aromatic rings. The second-order valence-corrected chi connectivity index (χ2v) is 8.22. The molecule has 0 unspecified atom stereocenters. The van der Waals surface area contributed by atoms with E-state index >= 15 is 0 Å². The minimum Gasteiger partial charge on any atom is -0.508 e. The minimum absolute atomic E-state index is 0.0554. The molecule has 1 fully saturated rings. The second-order valence-electron chi connectivity index (χ2n) is 8.22. The Morgan fingerprint density at radius 2 is 1.75 bits per heavy atom. The number of para-hydroxylation sites is 1. The molecule has 0 radical (unpaired) electrons. The van der Waals surface area contributed by atoms with Crippen LogP contribution in [-0.4, -0.2) is 16.3 Å². The lowest BCUT2D eigenvalue weighted by Crippen LogP contribution is -2.44. The Bertz CT molecular complexity index is 486. The van der Waals surface area contributed by atoms with Gasteiger partial charge in [0.2, 0.25) is 0 Å². The van der Waals surface area contributed by atoms with Crippen molar-refractivity contribution < 1.29 is 9.84 Å². The predicted octanol–water partition coefficient (Wildman–Crippen LogP) is 6.40. The highest BCUT2D eigenvalue weighted by molar-refractivity contribution is 5.32. The molecule has 0 heterocycles. The number of aromatic hydroxyl groups is 1. The lowest BCUT2D eigenvalue weighted by molar-refractivity contribution is -0.160. The maximum absolute atomic E-state index is 10.1. The van der Waals surface area contributed by atoms with Crippen molar-refractivity contribution in [1.82, 2.24) is 0 Å². The van der Waals surface area contributed by atoms with Gasteiger partial charge >= 0.3 is 0 Å². The van der Waals surface area contributed by atoms with Crippen LogP contribution in [0.4, 0.5) is 0 Å². The molecule has 0 aliphatic heterocycles. The summed E-state index contributed by atoms with van der Waals surface area (Å²) < 4.78 is 6.79. The smallest absolute Gasteiger partial charge is 0.118 e. The Hall–Kier alpha value is -1.02. The monoisotopic (exact) mass is 332 g/mol. The number of hydrogen-bond donors (Lipinski definition) is 1. The molecule has 0 aromatic heterocycles. The molecule has 2 nitrogen and oxygen atoms in total. The Kier molecular flexibility index (Phi) is 7.16. The van der Waals surface area contributed by atoms with Crippen molar-refractivity contribution in [1.29, 1.82) is 0 Å². The van der Waals surface area contributed by atoms with E-state index in [-0.39, 0.29) is 11.2 Å². The second kappa shape index (κ2) is 8.89. The zero-order valence-corrected chi connectivity index (χ0v) is 15.9. The third kappa shape index (κ3) is 5.81. The van der Waals surface area contributed by atoms with Crippen molar-refractivity contribution >= 4 is 0 Å². The van der Waals surface area contributed by atoms with Crippen molar-refractivity contribution in [2.45, 2.75) is 103 Å². The van der Waals surface area contributed by atoms with E-state index in [0.29, 0.717) is 5.75 Å². The summed E-state index contributed by atoms with van der Waals surface area (Å²) in [5, 5.41) is 10.1. The van der Waals surface area contributed by atoms with Crippen LogP contribution in [0.5, 0.6) is 5.75 Å². The van der Waals surface area contributed by atoms with Crippen LogP contribution in [0.1, 0.15) is 90.5 Å². The third-order valence-electron chi connectivity index (χ3n) is 5.35. The third-order valence-corrected chi connectivity index (χ3v) is 5.35. The van der Waals surface area contributed by atoms with Gasteiger partial charge in [0, 0.05) is 6.42 Å². The van der Waals surface area contributed by atoms with Crippen molar-refractivity contribution in [3.63, 3.8) is 0 Å². The first kappa shape index (κ1) is 19.3. The van der Waals surface area contributed by atoms with E-state index in [2.05, 4.69) is 20.8 Å². The zero-order chi connectivity index (χ0) is 17.5. The van der Waals surface area contributed by atoms with Crippen molar-refractivity contribution in [3.8, 4) is 5.75 Å². The Balaban J connectivity index is 2.02. The summed E-state index contributed by atoms with van der Waals surface area (Å²) in [6.07, 6.45) is 13.5. The summed E-state index contributed by atoms with van der Waals surface area (Å²) in [4.78, 5) is 0. The van der Waals surface area contributed by atoms with Crippen molar-refractivity contribution in [2.24, 2.45) is 0 Å². The molecule has 24 heavy (non-hydrogen) atoms. The lowest BCUT2D eigenvalue weighted by Gasteiger charge is -2.44. The molecule has 136 valence electrons. The van der Waals surface area contributed by atoms with Gasteiger partial charge in [0.15, 0.2) is 0 Å². The van der Waals surface area contributed by atoms with E-state index in [9.17, 15) is 5.11 Å². The first-order valence-electron chi connectivity index (χ1n) is 9.93. The molecule has 0 bridgehead atoms. The number of hydrogen-bond acceptors (Lipinski definition) is 2. The molecule has 1 aliphatic carbocycles. The van der Waals surface area contributed by atoms with Gasteiger partial charge in [0.25, 0.3) is 0 Å². The molecular formula is C22H36O2. The molecule has 1 aliphatic rings. The van der Waals surface area contributed by atoms with Crippen LogP contribution in [-0.2, 0) is 11.2 Å². The number of phenols is 1. The number of phenolic OH excluding ortho intramolecular Hbond substituents is 1. The van der Waals surface area contributed by atoms with Crippen LogP contribution in [0.15, 0.2) is 24.3 Å². The van der Waals surface area contributed by atoms with Crippen LogP contribution in [0, 0.1) is 0 Å². The van der Waals surface area contributed by atoms with Gasteiger partial charge in [-0.25, -0.2) is 0 Å². The molecule has 0 atom stereocenters. The fourth-order valence-electron chi connectivity index (χ4n) is 4.21. The molecule has 1 N–H and O–H groups in total. The molecule has 2 rings (SSSR count). The largest absolute Gasteiger partial charge is 0.508 e. The van der Waals surface area contributed by atoms with E-state index in [4.69, 9.17) is 4.74 Å². The van der Waals surface area contributed by atoms with Crippen LogP contribution in [0.2, 0.25) is 0 Å². The normalized spacial score (nSPS) is 17.8. The van der Waals surface area contributed by atoms with E-state index in [1.54, 1.807) is 6.07 Å². The summed E-state index contributed by atoms with van der Waals surface area (Å²) in [6, 6.07) is 7.65. The Morgan fingerprint density at radius 1 is 1.04 bits per heavy atom. The van der Waals surface area contributed by atoms with Crippen LogP contribution in [0.3, 0.4) is 0 Å². The summed E-state index contributed by atoms with van der Waals surface area (Å²) in [5.74, 6) is 0.384. The first-order valence-corrected chi connectivity index (χ1v) is 9.93. The van der Waals surface area contributed by atoms with Gasteiger partial charge in [-0.15, -0.1) is 0 Å². The standard InChI is InChI=1S/C22H36O2/c1-4-5-6-10-15-22(16-11-7-12-17-22)24-21(2,3)18-19-13-8-9-14-20(19)23/h8-9,13-14,23H,4-7,10-12,15-18H2,1-3H3. The summed E-state index contributed by atoms with van der Waals surface area (Å²) in [5.41, 5.74) is 0.792. The van der Waals surface area contributed by atoms with Crippen LogP contribution < -0.4 is 0 Å². The van der Waals surface area contributed by atoms with E-state index in [1.807, 2.05) is 18.2 Å². The SMILES string of the molecule is CCCCCCC1(OC(C)(C)Cc2ccccc2O)CCCCC1. The number of rotatable bonds is 9. The minimum atomic E-state index is -0.249. The Morgan fingerprint density at radius 3 is 2.42 bits per heavy atom. The highest BCUT2D eigenvalue weighted by atomic mass is 16.5. The van der Waals surface area contributed by atoms with Gasteiger partial charge in [-0.2, -0.15) is 0 Å². The van der Waals surface area contributed by atoms with Gasteiger partial charge in [-0.1, -0.05) is 70.1 Å². The maximum Gasteiger partial charge on any atom is 0.118 e. The highest BCUT2D eigenvalue weighted by Crippen LogP contribution is 2.40. The molecule has 2 heteroatoms. The van der Waals surface area contributed by atoms with Crippen molar-refractivity contribution in [2.75, 3.05) is 0 Å². The van der Waals surface area contributed by atoms with Gasteiger partial charge in [-0.05, 0) is 44.7 Å². The average Bonchev–Trinajstić information content (AvgIpc) is 2.54. The van der Waals surface area contributed by atoms with Gasteiger partial charge < -0.3 is 9.84 Å². The highest BCUT2D eigenvalue weighted by Gasteiger charge is 2.38. The van der Waals surface area contributed by atoms with Crippen molar-refractivity contribution in [3.05, 3.63) is 29.8 Å². The quantitative estimate of drug-likeness (QED) is 0.530. The predicted molar refractivity (Wildman–Crippen MR) is 102 cm³/mol. The average molecular weight is 333 g/mol. The van der Waals surface area contributed by atoms with Crippen LogP contribution >= 0.6 is 0 Å². The summed E-state index contributed by atoms with van der Waals surface area (Å²) in [7, 11) is 0. The van der Waals surface area contributed by atoms with E-state index < -0.39 is 0 Å². The first-order chi connectivity index (χ1) is 11.5. The van der Waals surface area contributed by atoms with Gasteiger partial charge in [0.05, 0.1) is 11.2 Å². The molecule has 0 amide bonds. The van der Waals surface area contributed by atoms with E-state index in [0.717, 1.165) is 12.0 Å². The molecule has 0 spiro atoms. The molecule has 1 aromatic carbocycles. The fourth-order valence-corrected chi connectivity index (χ4v) is 4.21.